The Bertz CT molecular complexity index is 461. The minimum Gasteiger partial charge on any atom is -0.489 e. The lowest BCUT2D eigenvalue weighted by atomic mass is 9.80. The number of aliphatic hydroxyl groups is 1. The molecule has 0 bridgehead atoms. The van der Waals surface area contributed by atoms with Crippen molar-refractivity contribution in [3.05, 3.63) is 28.2 Å². The smallest absolute Gasteiger partial charge is 0.139 e. The zero-order chi connectivity index (χ0) is 15.3. The summed E-state index contributed by atoms with van der Waals surface area (Å²) in [6, 6.07) is 5.00. The first-order chi connectivity index (χ1) is 10.0. The summed E-state index contributed by atoms with van der Waals surface area (Å²) in [7, 11) is 1.74. The van der Waals surface area contributed by atoms with Crippen LogP contribution >= 0.6 is 23.2 Å². The Kier molecular flexibility index (Phi) is 6.14. The third kappa shape index (κ3) is 4.73. The minimum absolute atomic E-state index is 0.0448. The van der Waals surface area contributed by atoms with Crippen LogP contribution in [0, 0.1) is 0 Å². The molecular formula is C15H21Cl2NO3. The van der Waals surface area contributed by atoms with Crippen molar-refractivity contribution in [2.75, 3.05) is 26.8 Å². The van der Waals surface area contributed by atoms with Crippen molar-refractivity contribution in [3.8, 4) is 5.75 Å². The summed E-state index contributed by atoms with van der Waals surface area (Å²) in [5, 5.41) is 14.2. The van der Waals surface area contributed by atoms with Gasteiger partial charge in [0.15, 0.2) is 0 Å². The maximum atomic E-state index is 9.93. The second-order valence-corrected chi connectivity index (χ2v) is 6.25. The van der Waals surface area contributed by atoms with Gasteiger partial charge in [0.2, 0.25) is 0 Å². The highest BCUT2D eigenvalue weighted by atomic mass is 35.5. The van der Waals surface area contributed by atoms with Gasteiger partial charge in [0.25, 0.3) is 0 Å². The fourth-order valence-corrected chi connectivity index (χ4v) is 2.66. The van der Waals surface area contributed by atoms with Crippen LogP contribution in [-0.2, 0) is 4.74 Å². The molecule has 2 rings (SSSR count). The maximum Gasteiger partial charge on any atom is 0.139 e. The normalized spacial score (nSPS) is 18.1. The van der Waals surface area contributed by atoms with E-state index < -0.39 is 6.10 Å². The molecule has 0 aromatic heterocycles. The predicted molar refractivity (Wildman–Crippen MR) is 84.4 cm³/mol. The Balaban J connectivity index is 1.70. The number of methoxy groups -OCH3 is 1. The molecule has 1 aliphatic carbocycles. The highest BCUT2D eigenvalue weighted by Gasteiger charge is 2.36. The van der Waals surface area contributed by atoms with Gasteiger partial charge in [-0.15, -0.1) is 0 Å². The molecule has 1 unspecified atom stereocenters. The van der Waals surface area contributed by atoms with Crippen LogP contribution in [0.5, 0.6) is 5.75 Å². The second kappa shape index (κ2) is 7.65. The Hall–Kier alpha value is -0.520. The summed E-state index contributed by atoms with van der Waals surface area (Å²) in [5.74, 6) is 0.482. The number of aliphatic hydroxyl groups excluding tert-OH is 1. The van der Waals surface area contributed by atoms with E-state index in [2.05, 4.69) is 5.32 Å². The van der Waals surface area contributed by atoms with Gasteiger partial charge >= 0.3 is 0 Å². The zero-order valence-corrected chi connectivity index (χ0v) is 13.6. The van der Waals surface area contributed by atoms with Gasteiger partial charge in [0.05, 0.1) is 10.6 Å². The van der Waals surface area contributed by atoms with Gasteiger partial charge < -0.3 is 19.9 Å². The van der Waals surface area contributed by atoms with Crippen molar-refractivity contribution < 1.29 is 14.6 Å². The lowest BCUT2D eigenvalue weighted by Crippen LogP contribution is -2.49. The van der Waals surface area contributed by atoms with Gasteiger partial charge in [-0.05, 0) is 31.4 Å². The van der Waals surface area contributed by atoms with E-state index in [0.29, 0.717) is 22.3 Å². The lowest BCUT2D eigenvalue weighted by molar-refractivity contribution is -0.0706. The van der Waals surface area contributed by atoms with Crippen molar-refractivity contribution >= 4 is 23.2 Å². The van der Waals surface area contributed by atoms with E-state index in [1.807, 2.05) is 0 Å². The Morgan fingerprint density at radius 1 is 1.38 bits per heavy atom. The predicted octanol–water partition coefficient (Wildman–Crippen LogP) is 2.89. The molecule has 1 aromatic rings. The molecule has 0 amide bonds. The first-order valence-corrected chi connectivity index (χ1v) is 7.82. The van der Waals surface area contributed by atoms with Crippen LogP contribution in [-0.4, -0.2) is 43.6 Å². The minimum atomic E-state index is -0.617. The van der Waals surface area contributed by atoms with Crippen LogP contribution in [0.3, 0.4) is 0 Å². The Morgan fingerprint density at radius 3 is 2.76 bits per heavy atom. The van der Waals surface area contributed by atoms with Crippen molar-refractivity contribution in [2.45, 2.75) is 31.0 Å². The molecule has 1 atom stereocenters. The number of nitrogens with one attached hydrogen (secondary N) is 1. The molecule has 118 valence electrons. The van der Waals surface area contributed by atoms with Gasteiger partial charge in [0, 0.05) is 31.3 Å². The van der Waals surface area contributed by atoms with Crippen molar-refractivity contribution in [2.24, 2.45) is 0 Å². The number of halogens is 2. The molecule has 1 aliphatic rings. The summed E-state index contributed by atoms with van der Waals surface area (Å²) in [5.41, 5.74) is -0.0448. The van der Waals surface area contributed by atoms with Crippen molar-refractivity contribution in [1.82, 2.24) is 5.32 Å². The molecule has 21 heavy (non-hydrogen) atoms. The largest absolute Gasteiger partial charge is 0.489 e. The number of hydrogen-bond donors (Lipinski definition) is 2. The number of hydrogen-bond acceptors (Lipinski definition) is 4. The molecule has 0 saturated heterocycles. The molecule has 0 spiro atoms. The molecule has 1 aromatic carbocycles. The molecule has 0 heterocycles. The summed E-state index contributed by atoms with van der Waals surface area (Å²) in [4.78, 5) is 0. The van der Waals surface area contributed by atoms with E-state index >= 15 is 0 Å². The quantitative estimate of drug-likeness (QED) is 0.768. The summed E-state index contributed by atoms with van der Waals surface area (Å²) < 4.78 is 11.0. The van der Waals surface area contributed by atoms with Gasteiger partial charge in [-0.25, -0.2) is 0 Å². The first-order valence-electron chi connectivity index (χ1n) is 7.06. The van der Waals surface area contributed by atoms with E-state index in [4.69, 9.17) is 32.7 Å². The average molecular weight is 334 g/mol. The van der Waals surface area contributed by atoms with Crippen molar-refractivity contribution in [3.63, 3.8) is 0 Å². The van der Waals surface area contributed by atoms with Gasteiger partial charge in [0.1, 0.15) is 18.5 Å². The number of rotatable bonds is 8. The van der Waals surface area contributed by atoms with Gasteiger partial charge in [-0.3, -0.25) is 0 Å². The van der Waals surface area contributed by atoms with E-state index in [9.17, 15) is 5.11 Å². The van der Waals surface area contributed by atoms with Crippen LogP contribution in [0.25, 0.3) is 0 Å². The third-order valence-electron chi connectivity index (χ3n) is 3.85. The SMILES string of the molecule is COC1(CNCC(O)COc2cc(Cl)ccc2Cl)CCC1. The second-order valence-electron chi connectivity index (χ2n) is 5.41. The van der Waals surface area contributed by atoms with Crippen LogP contribution in [0.1, 0.15) is 19.3 Å². The summed E-state index contributed by atoms with van der Waals surface area (Å²) in [6.45, 7) is 1.36. The number of ether oxygens (including phenoxy) is 2. The molecule has 6 heteroatoms. The molecule has 1 fully saturated rings. The fraction of sp³-hybridized carbons (Fsp3) is 0.600. The van der Waals surface area contributed by atoms with Crippen LogP contribution in [0.15, 0.2) is 18.2 Å². The molecule has 2 N–H and O–H groups in total. The van der Waals surface area contributed by atoms with Crippen LogP contribution < -0.4 is 10.1 Å². The number of benzene rings is 1. The van der Waals surface area contributed by atoms with E-state index in [-0.39, 0.29) is 12.2 Å². The van der Waals surface area contributed by atoms with Crippen molar-refractivity contribution in [1.29, 1.82) is 0 Å². The monoisotopic (exact) mass is 333 g/mol. The van der Waals surface area contributed by atoms with E-state index in [0.717, 1.165) is 19.4 Å². The van der Waals surface area contributed by atoms with Crippen LogP contribution in [0.2, 0.25) is 10.0 Å². The molecule has 1 saturated carbocycles. The Morgan fingerprint density at radius 2 is 2.14 bits per heavy atom. The third-order valence-corrected chi connectivity index (χ3v) is 4.40. The van der Waals surface area contributed by atoms with Gasteiger partial charge in [-0.1, -0.05) is 23.2 Å². The highest BCUT2D eigenvalue weighted by Crippen LogP contribution is 2.34. The molecule has 0 radical (unpaired) electrons. The fourth-order valence-electron chi connectivity index (χ4n) is 2.32. The molecular weight excluding hydrogens is 313 g/mol. The summed E-state index contributed by atoms with van der Waals surface area (Å²) in [6.07, 6.45) is 2.73. The summed E-state index contributed by atoms with van der Waals surface area (Å²) >= 11 is 11.9. The van der Waals surface area contributed by atoms with E-state index in [1.54, 1.807) is 25.3 Å². The topological polar surface area (TPSA) is 50.7 Å². The molecule has 0 aliphatic heterocycles. The lowest BCUT2D eigenvalue weighted by Gasteiger charge is -2.40. The standard InChI is InChI=1S/C15H21Cl2NO3/c1-20-15(5-2-6-15)10-18-8-12(19)9-21-14-7-11(16)3-4-13(14)17/h3-4,7,12,18-19H,2,5-6,8-10H2,1H3. The van der Waals surface area contributed by atoms with Gasteiger partial charge in [-0.2, -0.15) is 0 Å². The van der Waals surface area contributed by atoms with E-state index in [1.165, 1.54) is 6.42 Å². The van der Waals surface area contributed by atoms with Crippen LogP contribution in [0.4, 0.5) is 0 Å². The average Bonchev–Trinajstić information content (AvgIpc) is 2.43. The molecule has 4 nitrogen and oxygen atoms in total. The highest BCUT2D eigenvalue weighted by molar-refractivity contribution is 6.34. The first kappa shape index (κ1) is 16.8. The maximum absolute atomic E-state index is 9.93. The Labute approximate surface area is 135 Å². The zero-order valence-electron chi connectivity index (χ0n) is 12.1.